The Morgan fingerprint density at radius 3 is 1.22 bits per heavy atom. The Bertz CT molecular complexity index is 1930. The zero-order valence-corrected chi connectivity index (χ0v) is 56.3. The summed E-state index contributed by atoms with van der Waals surface area (Å²) >= 11 is 0. The van der Waals surface area contributed by atoms with Crippen molar-refractivity contribution in [2.24, 2.45) is 0 Å². The zero-order valence-electron chi connectivity index (χ0n) is 56.3. The van der Waals surface area contributed by atoms with Crippen LogP contribution in [0.4, 0.5) is 0 Å². The van der Waals surface area contributed by atoms with E-state index >= 15 is 0 Å². The van der Waals surface area contributed by atoms with Gasteiger partial charge in [0.1, 0.15) is 48.8 Å². The lowest BCUT2D eigenvalue weighted by Crippen LogP contribution is -2.65. The number of carbonyl (C=O) groups is 1. The van der Waals surface area contributed by atoms with E-state index in [1.807, 2.05) is 6.08 Å². The van der Waals surface area contributed by atoms with Crippen molar-refractivity contribution in [2.45, 2.75) is 344 Å². The fourth-order valence-electron chi connectivity index (χ4n) is 11.2. The van der Waals surface area contributed by atoms with E-state index in [0.29, 0.717) is 12.8 Å². The van der Waals surface area contributed by atoms with Gasteiger partial charge in [0.05, 0.1) is 32.0 Å². The molecule has 12 atom stereocenters. The van der Waals surface area contributed by atoms with Gasteiger partial charge in [0.15, 0.2) is 12.6 Å². The van der Waals surface area contributed by atoms with Crippen molar-refractivity contribution >= 4 is 5.91 Å². The van der Waals surface area contributed by atoms with E-state index < -0.39 is 86.8 Å². The van der Waals surface area contributed by atoms with Crippen molar-refractivity contribution in [3.63, 3.8) is 0 Å². The fraction of sp³-hybridized carbons (Fsp3) is 0.750. The maximum atomic E-state index is 13.3. The third-order valence-corrected chi connectivity index (χ3v) is 16.9. The second kappa shape index (κ2) is 59.4. The average molecular weight is 1270 g/mol. The minimum absolute atomic E-state index is 0.249. The van der Waals surface area contributed by atoms with Crippen molar-refractivity contribution in [2.75, 3.05) is 19.8 Å². The van der Waals surface area contributed by atoms with Crippen LogP contribution in [0, 0.1) is 0 Å². The molecule has 0 saturated carbocycles. The first-order valence-corrected chi connectivity index (χ1v) is 36.1. The Labute approximate surface area is 546 Å². The van der Waals surface area contributed by atoms with Crippen LogP contribution in [-0.2, 0) is 23.7 Å². The molecule has 2 saturated heterocycles. The number of amides is 1. The molecule has 2 aliphatic heterocycles. The molecule has 0 radical (unpaired) electrons. The van der Waals surface area contributed by atoms with Crippen molar-refractivity contribution in [1.82, 2.24) is 5.32 Å². The molecule has 14 nitrogen and oxygen atoms in total. The molecule has 518 valence electrons. The summed E-state index contributed by atoms with van der Waals surface area (Å²) in [6, 6.07) is -0.935. The van der Waals surface area contributed by atoms with Gasteiger partial charge in [-0.1, -0.05) is 284 Å². The highest BCUT2D eigenvalue weighted by Crippen LogP contribution is 2.30. The predicted octanol–water partition coefficient (Wildman–Crippen LogP) is 15.1. The molecule has 0 aliphatic carbocycles. The van der Waals surface area contributed by atoms with Crippen LogP contribution in [0.2, 0.25) is 0 Å². The smallest absolute Gasteiger partial charge is 0.220 e. The van der Waals surface area contributed by atoms with E-state index in [2.05, 4.69) is 116 Å². The second-order valence-electron chi connectivity index (χ2n) is 25.0. The quantitative estimate of drug-likeness (QED) is 0.0204. The topological polar surface area (TPSA) is 228 Å². The fourth-order valence-corrected chi connectivity index (χ4v) is 11.2. The molecule has 2 aliphatic rings. The van der Waals surface area contributed by atoms with Gasteiger partial charge in [-0.15, -0.1) is 0 Å². The van der Waals surface area contributed by atoms with Gasteiger partial charge in [0.2, 0.25) is 5.91 Å². The molecule has 0 bridgehead atoms. The normalized spacial score (nSPS) is 23.6. The standard InChI is InChI=1S/C76H131NO13/c1-3-5-7-9-11-13-15-17-19-20-21-22-23-24-25-26-27-28-29-30-31-32-33-34-35-36-37-38-39-40-41-42-43-44-46-48-50-52-54-56-58-60-68(81)77-64(65(80)59-57-55-53-51-49-47-45-18-16-14-12-10-8-6-4-2)63-87-75-73(86)71(84)74(67(62-79)89-75)90-76-72(85)70(83)69(82)66(61-78)88-76/h5,7,11,13,17,19,21-22,24-25,27-28,30-31,49,51,57,59,64-67,69-76,78-80,82-86H,3-4,6,8-10,12,14-16,18,20,23,26,29,32-48,50,52-56,58,60-63H2,1-2H3,(H,77,81)/b7-5-,13-11-,19-17-,22-21-,25-24-,28-27-,31-30-,51-49+,59-57+. The Kier molecular flexibility index (Phi) is 54.6. The summed E-state index contributed by atoms with van der Waals surface area (Å²) in [5.41, 5.74) is 0. The maximum absolute atomic E-state index is 13.3. The zero-order chi connectivity index (χ0) is 65.2. The number of ether oxygens (including phenoxy) is 4. The first-order chi connectivity index (χ1) is 44.1. The van der Waals surface area contributed by atoms with Gasteiger partial charge in [-0.3, -0.25) is 4.79 Å². The molecule has 0 spiro atoms. The predicted molar refractivity (Wildman–Crippen MR) is 369 cm³/mol. The summed E-state index contributed by atoms with van der Waals surface area (Å²) in [4.78, 5) is 13.3. The second-order valence-corrected chi connectivity index (χ2v) is 25.0. The Balaban J connectivity index is 1.58. The monoisotopic (exact) mass is 1270 g/mol. The van der Waals surface area contributed by atoms with Gasteiger partial charge in [-0.25, -0.2) is 0 Å². The third-order valence-electron chi connectivity index (χ3n) is 16.9. The van der Waals surface area contributed by atoms with Crippen LogP contribution in [0.15, 0.2) is 109 Å². The molecule has 0 aromatic carbocycles. The Morgan fingerprint density at radius 1 is 0.411 bits per heavy atom. The van der Waals surface area contributed by atoms with Crippen LogP contribution >= 0.6 is 0 Å². The van der Waals surface area contributed by atoms with Crippen molar-refractivity contribution in [3.8, 4) is 0 Å². The molecule has 0 aromatic rings. The van der Waals surface area contributed by atoms with E-state index in [4.69, 9.17) is 18.9 Å². The van der Waals surface area contributed by atoms with Crippen molar-refractivity contribution < 1.29 is 64.6 Å². The summed E-state index contributed by atoms with van der Waals surface area (Å²) < 4.78 is 22.8. The molecule has 2 heterocycles. The van der Waals surface area contributed by atoms with Gasteiger partial charge in [0, 0.05) is 6.42 Å². The highest BCUT2D eigenvalue weighted by atomic mass is 16.7. The molecule has 0 aromatic heterocycles. The summed E-state index contributed by atoms with van der Waals surface area (Å²) in [6.07, 6.45) is 68.8. The van der Waals surface area contributed by atoms with E-state index in [-0.39, 0.29) is 18.9 Å². The lowest BCUT2D eigenvalue weighted by Gasteiger charge is -2.46. The number of hydrogen-bond acceptors (Lipinski definition) is 13. The van der Waals surface area contributed by atoms with Gasteiger partial charge in [0.25, 0.3) is 0 Å². The number of rotatable bonds is 58. The Morgan fingerprint density at radius 2 is 0.778 bits per heavy atom. The summed E-state index contributed by atoms with van der Waals surface area (Å²) in [7, 11) is 0. The maximum Gasteiger partial charge on any atom is 0.220 e. The van der Waals surface area contributed by atoms with Crippen molar-refractivity contribution in [3.05, 3.63) is 109 Å². The van der Waals surface area contributed by atoms with E-state index in [1.165, 1.54) is 161 Å². The highest BCUT2D eigenvalue weighted by molar-refractivity contribution is 5.76. The molecule has 2 rings (SSSR count). The molecular formula is C76H131NO13. The minimum atomic E-state index is -1.79. The minimum Gasteiger partial charge on any atom is -0.394 e. The van der Waals surface area contributed by atoms with Gasteiger partial charge in [-0.2, -0.15) is 0 Å². The average Bonchev–Trinajstić information content (AvgIpc) is 1.58. The van der Waals surface area contributed by atoms with Crippen LogP contribution in [0.5, 0.6) is 0 Å². The van der Waals surface area contributed by atoms with E-state index in [1.54, 1.807) is 6.08 Å². The van der Waals surface area contributed by atoms with Crippen LogP contribution in [0.25, 0.3) is 0 Å². The van der Waals surface area contributed by atoms with Crippen LogP contribution in [-0.4, -0.2) is 140 Å². The third kappa shape index (κ3) is 42.8. The molecular weight excluding hydrogens is 1130 g/mol. The SMILES string of the molecule is CC/C=C\C/C=C\C/C=C\C/C=C\C/C=C\C/C=C\C/C=C\CCCCCCCCCCCCCCCCCCCCCC(=O)NC(COC1OC(CO)C(OC2OC(CO)C(O)C(O)C2O)C(O)C1O)C(O)/C=C/CC/C=C/CCCCCCCCCCC. The van der Waals surface area contributed by atoms with Crippen LogP contribution in [0.1, 0.15) is 271 Å². The van der Waals surface area contributed by atoms with Gasteiger partial charge in [-0.05, 0) is 89.9 Å². The first kappa shape index (κ1) is 82.7. The number of carbonyl (C=O) groups excluding carboxylic acids is 1. The summed E-state index contributed by atoms with van der Waals surface area (Å²) in [6.45, 7) is 2.67. The molecule has 90 heavy (non-hydrogen) atoms. The number of hydrogen-bond donors (Lipinski definition) is 9. The van der Waals surface area contributed by atoms with Crippen LogP contribution in [0.3, 0.4) is 0 Å². The summed E-state index contributed by atoms with van der Waals surface area (Å²) in [5.74, 6) is -0.249. The van der Waals surface area contributed by atoms with E-state index in [0.717, 1.165) is 77.0 Å². The summed E-state index contributed by atoms with van der Waals surface area (Å²) in [5, 5.41) is 87.3. The molecule has 2 fully saturated rings. The lowest BCUT2D eigenvalue weighted by molar-refractivity contribution is -0.359. The number of unbranched alkanes of at least 4 members (excludes halogenated alkanes) is 29. The highest BCUT2D eigenvalue weighted by Gasteiger charge is 2.51. The first-order valence-electron chi connectivity index (χ1n) is 36.1. The molecule has 9 N–H and O–H groups in total. The number of aliphatic hydroxyl groups is 8. The van der Waals surface area contributed by atoms with Gasteiger partial charge >= 0.3 is 0 Å². The molecule has 14 heteroatoms. The number of allylic oxidation sites excluding steroid dienone is 17. The Hall–Kier alpha value is -3.35. The number of aliphatic hydroxyl groups excluding tert-OH is 8. The molecule has 12 unspecified atom stereocenters. The van der Waals surface area contributed by atoms with E-state index in [9.17, 15) is 45.6 Å². The lowest BCUT2D eigenvalue weighted by atomic mass is 9.97. The van der Waals surface area contributed by atoms with Crippen molar-refractivity contribution in [1.29, 1.82) is 0 Å². The van der Waals surface area contributed by atoms with Gasteiger partial charge < -0.3 is 65.1 Å². The largest absolute Gasteiger partial charge is 0.394 e. The molecule has 1 amide bonds. The number of nitrogens with one attached hydrogen (secondary N) is 1. The van der Waals surface area contributed by atoms with Crippen LogP contribution < -0.4 is 5.32 Å².